The monoisotopic (exact) mass is 464 g/mol. The van der Waals surface area contributed by atoms with Gasteiger partial charge in [0.05, 0.1) is 0 Å². The lowest BCUT2D eigenvalue weighted by molar-refractivity contribution is 0.0917. The first-order valence-electron chi connectivity index (χ1n) is 12.1. The van der Waals surface area contributed by atoms with Crippen LogP contribution in [0, 0.1) is 18.3 Å². The molecule has 3 N–H and O–H groups in total. The molecule has 5 heteroatoms. The Hall–Kier alpha value is -2.08. The number of hydrogen-bond acceptors (Lipinski definition) is 4. The van der Waals surface area contributed by atoms with Gasteiger partial charge < -0.3 is 15.5 Å². The molecule has 0 saturated heterocycles. The van der Waals surface area contributed by atoms with Crippen LogP contribution in [0.4, 0.5) is 0 Å². The molecule has 4 rings (SSSR count). The number of aliphatic hydroxyl groups excluding tert-OH is 2. The van der Waals surface area contributed by atoms with Gasteiger partial charge in [-0.2, -0.15) is 0 Å². The second-order valence-electron chi connectivity index (χ2n) is 10.3. The highest BCUT2D eigenvalue weighted by molar-refractivity contribution is 7.80. The first-order valence-corrected chi connectivity index (χ1v) is 12.5. The van der Waals surface area contributed by atoms with E-state index in [0.29, 0.717) is 18.4 Å². The topological polar surface area (TPSA) is 65.4 Å². The lowest BCUT2D eigenvalue weighted by atomic mass is 9.73. The summed E-state index contributed by atoms with van der Waals surface area (Å²) in [4.78, 5) is 5.73. The summed E-state index contributed by atoms with van der Waals surface area (Å²) in [6, 6.07) is 9.18. The molecule has 1 saturated carbocycles. The van der Waals surface area contributed by atoms with Crippen molar-refractivity contribution in [2.24, 2.45) is 11.3 Å². The van der Waals surface area contributed by atoms with E-state index < -0.39 is 0 Å². The van der Waals surface area contributed by atoms with Gasteiger partial charge in [0.1, 0.15) is 4.99 Å². The minimum atomic E-state index is -0.136. The summed E-state index contributed by atoms with van der Waals surface area (Å²) in [5.41, 5.74) is 7.71. The number of rotatable bonds is 7. The molecule has 1 unspecified atom stereocenters. The second-order valence-corrected chi connectivity index (χ2v) is 10.7. The maximum Gasteiger partial charge on any atom is 0.106 e. The van der Waals surface area contributed by atoms with Crippen molar-refractivity contribution >= 4 is 22.8 Å². The molecule has 0 bridgehead atoms. The number of aliphatic hydroxyl groups is 2. The summed E-state index contributed by atoms with van der Waals surface area (Å²) in [5, 5.41) is 23.1. The van der Waals surface area contributed by atoms with Crippen molar-refractivity contribution in [2.75, 3.05) is 13.2 Å². The van der Waals surface area contributed by atoms with Crippen LogP contribution in [0.15, 0.2) is 36.5 Å². The highest BCUT2D eigenvalue weighted by Crippen LogP contribution is 2.38. The zero-order valence-electron chi connectivity index (χ0n) is 20.0. The van der Waals surface area contributed by atoms with Gasteiger partial charge in [-0.3, -0.25) is 4.98 Å². The Kier molecular flexibility index (Phi) is 7.32. The highest BCUT2D eigenvalue weighted by atomic mass is 32.1. The molecular weight excluding hydrogens is 428 g/mol. The van der Waals surface area contributed by atoms with Gasteiger partial charge >= 0.3 is 0 Å². The van der Waals surface area contributed by atoms with Gasteiger partial charge in [-0.25, -0.2) is 0 Å². The zero-order chi connectivity index (χ0) is 23.6. The van der Waals surface area contributed by atoms with E-state index in [0.717, 1.165) is 57.8 Å². The van der Waals surface area contributed by atoms with Crippen LogP contribution in [0.1, 0.15) is 68.3 Å². The number of thiocarbonyl (C=S) groups is 1. The Morgan fingerprint density at radius 3 is 2.64 bits per heavy atom. The molecule has 0 radical (unpaired) electrons. The smallest absolute Gasteiger partial charge is 0.106 e. The van der Waals surface area contributed by atoms with Crippen LogP contribution in [0.3, 0.4) is 0 Å². The van der Waals surface area contributed by atoms with Gasteiger partial charge in [-0.15, -0.1) is 0 Å². The van der Waals surface area contributed by atoms with Crippen LogP contribution in [0.2, 0.25) is 0 Å². The first-order chi connectivity index (χ1) is 15.8. The highest BCUT2D eigenvalue weighted by Gasteiger charge is 2.30. The zero-order valence-corrected chi connectivity index (χ0v) is 20.8. The van der Waals surface area contributed by atoms with E-state index in [-0.39, 0.29) is 18.6 Å². The molecule has 2 aromatic rings. The molecule has 0 amide bonds. The number of hydrogen-bond donors (Lipinski definition) is 3. The fourth-order valence-electron chi connectivity index (χ4n) is 4.71. The minimum absolute atomic E-state index is 0.110. The number of aryl methyl sites for hydroxylation is 2. The summed E-state index contributed by atoms with van der Waals surface area (Å²) in [7, 11) is 0. The van der Waals surface area contributed by atoms with Crippen molar-refractivity contribution in [1.82, 2.24) is 10.3 Å². The molecule has 1 heterocycles. The van der Waals surface area contributed by atoms with Crippen molar-refractivity contribution in [2.45, 2.75) is 65.3 Å². The van der Waals surface area contributed by atoms with E-state index in [1.54, 1.807) is 0 Å². The number of nitrogens with one attached hydrogen (secondary N) is 1. The molecule has 176 valence electrons. The maximum absolute atomic E-state index is 9.88. The van der Waals surface area contributed by atoms with Gasteiger partial charge in [0.25, 0.3) is 0 Å². The van der Waals surface area contributed by atoms with E-state index in [1.807, 2.05) is 6.20 Å². The molecule has 0 aliphatic heterocycles. The molecule has 1 atom stereocenters. The van der Waals surface area contributed by atoms with Crippen LogP contribution < -0.4 is 5.32 Å². The van der Waals surface area contributed by atoms with E-state index >= 15 is 0 Å². The summed E-state index contributed by atoms with van der Waals surface area (Å²) >= 11 is 5.64. The molecule has 33 heavy (non-hydrogen) atoms. The number of allylic oxidation sites excluding steroid dienone is 1. The van der Waals surface area contributed by atoms with Gasteiger partial charge in [0, 0.05) is 42.3 Å². The summed E-state index contributed by atoms with van der Waals surface area (Å²) in [6.07, 6.45) is 10.0. The fraction of sp³-hybridized carbons (Fsp3) is 0.500. The number of pyridine rings is 1. The predicted molar refractivity (Wildman–Crippen MR) is 139 cm³/mol. The van der Waals surface area contributed by atoms with Crippen molar-refractivity contribution in [3.8, 4) is 11.1 Å². The van der Waals surface area contributed by atoms with Crippen LogP contribution in [-0.2, 0) is 6.42 Å². The van der Waals surface area contributed by atoms with Crippen molar-refractivity contribution < 1.29 is 10.2 Å². The van der Waals surface area contributed by atoms with Crippen molar-refractivity contribution in [1.29, 1.82) is 0 Å². The number of nitrogens with zero attached hydrogens (tertiary/aromatic N) is 1. The molecule has 1 fully saturated rings. The lowest BCUT2D eigenvalue weighted by Gasteiger charge is -2.33. The van der Waals surface area contributed by atoms with Gasteiger partial charge in [0.2, 0.25) is 0 Å². The Balaban J connectivity index is 1.69. The second kappa shape index (κ2) is 10.0. The first kappa shape index (κ1) is 24.1. The fourth-order valence-corrected chi connectivity index (χ4v) is 5.00. The van der Waals surface area contributed by atoms with Crippen molar-refractivity contribution in [3.63, 3.8) is 0 Å². The van der Waals surface area contributed by atoms with Crippen molar-refractivity contribution in [3.05, 3.63) is 58.9 Å². The lowest BCUT2D eigenvalue weighted by Crippen LogP contribution is -2.29. The summed E-state index contributed by atoms with van der Waals surface area (Å²) in [5.74, 6) is 0.379. The third-order valence-corrected chi connectivity index (χ3v) is 7.67. The molecule has 4 nitrogen and oxygen atoms in total. The summed E-state index contributed by atoms with van der Waals surface area (Å²) < 4.78 is 0. The van der Waals surface area contributed by atoms with Gasteiger partial charge in [-0.05, 0) is 91.2 Å². The number of benzene rings is 1. The summed E-state index contributed by atoms with van der Waals surface area (Å²) in [6.45, 7) is 6.68. The molecule has 0 spiro atoms. The average molecular weight is 465 g/mol. The maximum atomic E-state index is 9.88. The predicted octanol–water partition coefficient (Wildman–Crippen LogP) is 5.22. The molecular formula is C28H36N2O2S. The number of fused-ring (bicyclic) bond motifs is 1. The molecule has 1 aromatic carbocycles. The van der Waals surface area contributed by atoms with Gasteiger partial charge in [-0.1, -0.05) is 44.3 Å². The van der Waals surface area contributed by atoms with E-state index in [4.69, 9.17) is 17.2 Å². The quantitative estimate of drug-likeness (QED) is 0.490. The Bertz CT molecular complexity index is 1060. The SMILES string of the molecule is Cc1ccc(C(=S)NC2CC2)cc1-c1cnc2c(c1)/C(CCO)=C\CC(C(C)(C)CO)CC2. The Morgan fingerprint density at radius 2 is 1.94 bits per heavy atom. The standard InChI is InChI=1S/C28H36N2O2S/c1-18-4-5-20(27(33)30-23-9-10-23)14-24(18)21-15-25-19(12-13-31)6-7-22(28(2,3)17-32)8-11-26(25)29-16-21/h4-6,14-16,22-23,31-32H,7-13,17H2,1-3H3,(H,30,33)/b19-6-. The van der Waals surface area contributed by atoms with Crippen LogP contribution in [0.25, 0.3) is 16.7 Å². The normalized spacial score (nSPS) is 20.3. The Labute approximate surface area is 203 Å². The third kappa shape index (κ3) is 5.53. The average Bonchev–Trinajstić information content (AvgIpc) is 3.61. The van der Waals surface area contributed by atoms with Gasteiger partial charge in [0.15, 0.2) is 0 Å². The van der Waals surface area contributed by atoms with Crippen LogP contribution >= 0.6 is 12.2 Å². The third-order valence-electron chi connectivity index (χ3n) is 7.31. The van der Waals surface area contributed by atoms with E-state index in [2.05, 4.69) is 56.4 Å². The number of aromatic nitrogens is 1. The minimum Gasteiger partial charge on any atom is -0.396 e. The van der Waals surface area contributed by atoms with Crippen LogP contribution in [-0.4, -0.2) is 39.4 Å². The largest absolute Gasteiger partial charge is 0.396 e. The van der Waals surface area contributed by atoms with E-state index in [1.165, 1.54) is 18.4 Å². The van der Waals surface area contributed by atoms with Crippen LogP contribution in [0.5, 0.6) is 0 Å². The Morgan fingerprint density at radius 1 is 1.15 bits per heavy atom. The molecule has 2 aliphatic rings. The molecule has 1 aromatic heterocycles. The molecule has 2 aliphatic carbocycles. The van der Waals surface area contributed by atoms with E-state index in [9.17, 15) is 10.2 Å².